The summed E-state index contributed by atoms with van der Waals surface area (Å²) in [5.41, 5.74) is 2.97. The third-order valence-corrected chi connectivity index (χ3v) is 7.14. The number of H-pyrrole nitrogens is 1. The SMILES string of the molecule is Cc1ccc(S(=O)(=O)N2CCC(c3c[nH]c4cc(F)ccc34)CC2)cc1. The number of sulfonamides is 1. The lowest BCUT2D eigenvalue weighted by Gasteiger charge is -2.31. The first-order valence-corrected chi connectivity index (χ1v) is 10.2. The van der Waals surface area contributed by atoms with E-state index in [-0.39, 0.29) is 11.7 Å². The molecule has 0 aliphatic carbocycles. The maximum absolute atomic E-state index is 13.4. The van der Waals surface area contributed by atoms with Crippen LogP contribution < -0.4 is 0 Å². The number of hydrogen-bond donors (Lipinski definition) is 1. The Kier molecular flexibility index (Phi) is 4.32. The normalized spacial score (nSPS) is 17.0. The number of aromatic nitrogens is 1. The average Bonchev–Trinajstić information content (AvgIpc) is 3.05. The highest BCUT2D eigenvalue weighted by atomic mass is 32.2. The predicted molar refractivity (Wildman–Crippen MR) is 100 cm³/mol. The van der Waals surface area contributed by atoms with Crippen molar-refractivity contribution in [2.24, 2.45) is 0 Å². The van der Waals surface area contributed by atoms with Crippen LogP contribution in [0.15, 0.2) is 53.6 Å². The highest BCUT2D eigenvalue weighted by Crippen LogP contribution is 2.34. The molecule has 0 radical (unpaired) electrons. The second kappa shape index (κ2) is 6.52. The predicted octanol–water partition coefficient (Wildman–Crippen LogP) is 4.18. The first kappa shape index (κ1) is 17.2. The molecule has 0 unspecified atom stereocenters. The van der Waals surface area contributed by atoms with Crippen LogP contribution in [-0.4, -0.2) is 30.8 Å². The van der Waals surface area contributed by atoms with E-state index in [4.69, 9.17) is 0 Å². The number of piperidine rings is 1. The minimum atomic E-state index is -3.44. The van der Waals surface area contributed by atoms with Crippen LogP contribution >= 0.6 is 0 Å². The van der Waals surface area contributed by atoms with Gasteiger partial charge in [-0.15, -0.1) is 0 Å². The molecule has 1 aliphatic rings. The maximum atomic E-state index is 13.4. The molecule has 26 heavy (non-hydrogen) atoms. The van der Waals surface area contributed by atoms with E-state index in [1.165, 1.54) is 12.1 Å². The minimum absolute atomic E-state index is 0.259. The van der Waals surface area contributed by atoms with Crippen LogP contribution in [0.5, 0.6) is 0 Å². The summed E-state index contributed by atoms with van der Waals surface area (Å²) in [5, 5.41) is 1.02. The van der Waals surface area contributed by atoms with Crippen LogP contribution in [0.3, 0.4) is 0 Å². The Morgan fingerprint density at radius 3 is 2.46 bits per heavy atom. The van der Waals surface area contributed by atoms with Gasteiger partial charge in [-0.05, 0) is 61.6 Å². The van der Waals surface area contributed by atoms with Crippen LogP contribution in [0.25, 0.3) is 10.9 Å². The summed E-state index contributed by atoms with van der Waals surface area (Å²) in [6, 6.07) is 11.8. The molecule has 0 atom stereocenters. The monoisotopic (exact) mass is 372 g/mol. The van der Waals surface area contributed by atoms with Gasteiger partial charge in [0.15, 0.2) is 0 Å². The van der Waals surface area contributed by atoms with Crippen LogP contribution in [0.1, 0.15) is 29.9 Å². The number of nitrogens with zero attached hydrogens (tertiary/aromatic N) is 1. The van der Waals surface area contributed by atoms with Crippen molar-refractivity contribution in [3.8, 4) is 0 Å². The molecule has 3 aromatic rings. The summed E-state index contributed by atoms with van der Waals surface area (Å²) >= 11 is 0. The highest BCUT2D eigenvalue weighted by molar-refractivity contribution is 7.89. The molecule has 4 nitrogen and oxygen atoms in total. The zero-order valence-electron chi connectivity index (χ0n) is 14.6. The van der Waals surface area contributed by atoms with Crippen LogP contribution in [0.4, 0.5) is 4.39 Å². The zero-order chi connectivity index (χ0) is 18.3. The second-order valence-electron chi connectivity index (χ2n) is 6.93. The molecule has 0 saturated carbocycles. The highest BCUT2D eigenvalue weighted by Gasteiger charge is 2.30. The van der Waals surface area contributed by atoms with Gasteiger partial charge < -0.3 is 4.98 Å². The quantitative estimate of drug-likeness (QED) is 0.750. The summed E-state index contributed by atoms with van der Waals surface area (Å²) in [6.07, 6.45) is 3.45. The van der Waals surface area contributed by atoms with Crippen molar-refractivity contribution in [2.75, 3.05) is 13.1 Å². The van der Waals surface area contributed by atoms with Crippen molar-refractivity contribution in [1.82, 2.24) is 9.29 Å². The van der Waals surface area contributed by atoms with E-state index >= 15 is 0 Å². The smallest absolute Gasteiger partial charge is 0.243 e. The van der Waals surface area contributed by atoms with Gasteiger partial charge in [0.2, 0.25) is 10.0 Å². The largest absolute Gasteiger partial charge is 0.361 e. The second-order valence-corrected chi connectivity index (χ2v) is 8.86. The Labute approximate surface area is 152 Å². The Morgan fingerprint density at radius 1 is 1.08 bits per heavy atom. The van der Waals surface area contributed by atoms with Gasteiger partial charge in [0.1, 0.15) is 5.82 Å². The summed E-state index contributed by atoms with van der Waals surface area (Å²) in [7, 11) is -3.44. The Morgan fingerprint density at radius 2 is 1.77 bits per heavy atom. The topological polar surface area (TPSA) is 53.2 Å². The molecule has 1 N–H and O–H groups in total. The first-order chi connectivity index (χ1) is 12.4. The van der Waals surface area contributed by atoms with Crippen molar-refractivity contribution < 1.29 is 12.8 Å². The van der Waals surface area contributed by atoms with Crippen molar-refractivity contribution in [1.29, 1.82) is 0 Å². The molecule has 0 bridgehead atoms. The zero-order valence-corrected chi connectivity index (χ0v) is 15.4. The molecular weight excluding hydrogens is 351 g/mol. The molecule has 0 spiro atoms. The first-order valence-electron chi connectivity index (χ1n) is 8.78. The van der Waals surface area contributed by atoms with Crippen LogP contribution in [0.2, 0.25) is 0 Å². The van der Waals surface area contributed by atoms with E-state index in [0.717, 1.165) is 34.9 Å². The average molecular weight is 372 g/mol. The molecule has 136 valence electrons. The van der Waals surface area contributed by atoms with E-state index < -0.39 is 10.0 Å². The number of halogens is 1. The maximum Gasteiger partial charge on any atom is 0.243 e. The molecule has 1 saturated heterocycles. The van der Waals surface area contributed by atoms with E-state index in [1.807, 2.05) is 25.3 Å². The molecule has 1 aromatic heterocycles. The summed E-state index contributed by atoms with van der Waals surface area (Å²) in [6.45, 7) is 2.93. The van der Waals surface area contributed by atoms with Crippen molar-refractivity contribution in [2.45, 2.75) is 30.6 Å². The van der Waals surface area contributed by atoms with Crippen LogP contribution in [0, 0.1) is 12.7 Å². The molecule has 2 heterocycles. The lowest BCUT2D eigenvalue weighted by molar-refractivity contribution is 0.320. The molecule has 1 fully saturated rings. The third kappa shape index (κ3) is 3.04. The molecule has 6 heteroatoms. The molecule has 2 aromatic carbocycles. The lowest BCUT2D eigenvalue weighted by Crippen LogP contribution is -2.37. The van der Waals surface area contributed by atoms with Crippen LogP contribution in [-0.2, 0) is 10.0 Å². The van der Waals surface area contributed by atoms with Gasteiger partial charge in [-0.3, -0.25) is 0 Å². The Bertz CT molecular complexity index is 1030. The van der Waals surface area contributed by atoms with Gasteiger partial charge in [-0.2, -0.15) is 4.31 Å². The number of hydrogen-bond acceptors (Lipinski definition) is 2. The third-order valence-electron chi connectivity index (χ3n) is 5.23. The van der Waals surface area contributed by atoms with Crippen molar-refractivity contribution in [3.63, 3.8) is 0 Å². The van der Waals surface area contributed by atoms with Crippen molar-refractivity contribution in [3.05, 3.63) is 65.6 Å². The van der Waals surface area contributed by atoms with E-state index in [0.29, 0.717) is 18.0 Å². The fraction of sp³-hybridized carbons (Fsp3) is 0.300. The lowest BCUT2D eigenvalue weighted by atomic mass is 9.90. The number of aryl methyl sites for hydroxylation is 1. The number of aromatic amines is 1. The van der Waals surface area contributed by atoms with E-state index in [9.17, 15) is 12.8 Å². The van der Waals surface area contributed by atoms with E-state index in [1.54, 1.807) is 22.5 Å². The number of benzene rings is 2. The summed E-state index contributed by atoms with van der Waals surface area (Å²) < 4.78 is 40.6. The fourth-order valence-electron chi connectivity index (χ4n) is 3.73. The Hall–Kier alpha value is -2.18. The van der Waals surface area contributed by atoms with Gasteiger partial charge in [0.05, 0.1) is 4.90 Å². The van der Waals surface area contributed by atoms with Gasteiger partial charge in [0, 0.05) is 30.2 Å². The molecule has 0 amide bonds. The summed E-state index contributed by atoms with van der Waals surface area (Å²) in [5.74, 6) is 0.0172. The number of nitrogens with one attached hydrogen (secondary N) is 1. The van der Waals surface area contributed by atoms with Crippen molar-refractivity contribution >= 4 is 20.9 Å². The van der Waals surface area contributed by atoms with Gasteiger partial charge in [-0.1, -0.05) is 17.7 Å². The van der Waals surface area contributed by atoms with E-state index in [2.05, 4.69) is 4.98 Å². The molecule has 1 aliphatic heterocycles. The molecular formula is C20H21FN2O2S. The van der Waals surface area contributed by atoms with Gasteiger partial charge in [0.25, 0.3) is 0 Å². The summed E-state index contributed by atoms with van der Waals surface area (Å²) in [4.78, 5) is 3.48. The molecule has 4 rings (SSSR count). The standard InChI is InChI=1S/C20H21FN2O2S/c1-14-2-5-17(6-3-14)26(24,25)23-10-8-15(9-11-23)19-13-22-20-12-16(21)4-7-18(19)20/h2-7,12-13,15,22H,8-11H2,1H3. The van der Waals surface area contributed by atoms with Gasteiger partial charge >= 0.3 is 0 Å². The Balaban J connectivity index is 1.52. The number of fused-ring (bicyclic) bond motifs is 1. The minimum Gasteiger partial charge on any atom is -0.361 e. The van der Waals surface area contributed by atoms with Gasteiger partial charge in [-0.25, -0.2) is 12.8 Å². The fourth-order valence-corrected chi connectivity index (χ4v) is 5.19. The number of rotatable bonds is 3.